The molecule has 0 spiro atoms. The first kappa shape index (κ1) is 18.2. The Morgan fingerprint density at radius 3 is 1.52 bits per heavy atom. The molecule has 0 nitrogen and oxygen atoms in total. The van der Waals surface area contributed by atoms with Crippen LogP contribution in [0.3, 0.4) is 0 Å². The predicted molar refractivity (Wildman–Crippen MR) is 83.5 cm³/mol. The average molecular weight is 514 g/mol. The normalized spacial score (nSPS) is 47.7. The van der Waals surface area contributed by atoms with E-state index in [1.165, 1.54) is 20.2 Å². The monoisotopic (exact) mass is 514 g/mol. The van der Waals surface area contributed by atoms with Gasteiger partial charge in [0.15, 0.2) is 0 Å². The Morgan fingerprint density at radius 1 is 0.609 bits per heavy atom. The maximum atomic E-state index is 2.59. The van der Waals surface area contributed by atoms with Crippen molar-refractivity contribution in [3.63, 3.8) is 0 Å². The van der Waals surface area contributed by atoms with Gasteiger partial charge in [0.2, 0.25) is 0 Å². The van der Waals surface area contributed by atoms with Crippen LogP contribution in [0.4, 0.5) is 0 Å². The molecule has 5 rings (SSSR count). The van der Waals surface area contributed by atoms with Gasteiger partial charge >= 0.3 is 140 Å². The zero-order valence-corrected chi connectivity index (χ0v) is 18.4. The van der Waals surface area contributed by atoms with Crippen LogP contribution in [-0.4, -0.2) is 0 Å². The maximum absolute atomic E-state index is 2.59. The summed E-state index contributed by atoms with van der Waals surface area (Å²) in [6.07, 6.45) is 25.7. The Hall–Kier alpha value is 0.410. The Labute approximate surface area is 164 Å². The second kappa shape index (κ2) is 7.34. The average Bonchev–Trinajstić information content (AvgIpc) is 3.00. The van der Waals surface area contributed by atoms with Gasteiger partial charge in [0.1, 0.15) is 0 Å². The first-order valence-electron chi connectivity index (χ1n) is 8.86. The van der Waals surface area contributed by atoms with Crippen LogP contribution in [0, 0.1) is 35.5 Å². The van der Waals surface area contributed by atoms with E-state index < -0.39 is 22.9 Å². The first-order valence-corrected chi connectivity index (χ1v) is 13.0. The van der Waals surface area contributed by atoms with Gasteiger partial charge in [-0.05, 0) is 0 Å². The SMILES string of the molecule is C1=CC2CC3CCC4CC5C=CC=CC5[CH]4[Hf+2][CH]3C2C=C1.[Cl-].[Cl-]. The molecule has 0 aromatic heterocycles. The fourth-order valence-corrected chi connectivity index (χ4v) is 15.8. The molecule has 2 saturated carbocycles. The summed E-state index contributed by atoms with van der Waals surface area (Å²) >= 11 is -0.561. The molecule has 0 N–H and O–H groups in total. The number of hydrogen-bond donors (Lipinski definition) is 0. The van der Waals surface area contributed by atoms with Crippen molar-refractivity contribution >= 4 is 0 Å². The Balaban J connectivity index is 0.000000781. The molecular weight excluding hydrogens is 490 g/mol. The van der Waals surface area contributed by atoms with Crippen LogP contribution in [0.1, 0.15) is 25.7 Å². The topological polar surface area (TPSA) is 0 Å². The molecule has 23 heavy (non-hydrogen) atoms. The third-order valence-corrected chi connectivity index (χ3v) is 15.8. The second-order valence-electron chi connectivity index (χ2n) is 7.81. The van der Waals surface area contributed by atoms with Crippen molar-refractivity contribution in [2.45, 2.75) is 33.0 Å². The van der Waals surface area contributed by atoms with Crippen LogP contribution in [0.15, 0.2) is 48.6 Å². The summed E-state index contributed by atoms with van der Waals surface area (Å²) in [7, 11) is 0. The van der Waals surface area contributed by atoms with Crippen LogP contribution in [0.2, 0.25) is 7.35 Å². The number of fused-ring (bicyclic) bond motifs is 6. The fraction of sp³-hybridized carbons (Fsp3) is 0.600. The van der Waals surface area contributed by atoms with Gasteiger partial charge < -0.3 is 24.8 Å². The first-order chi connectivity index (χ1) is 10.4. The Bertz CT molecular complexity index is 502. The van der Waals surface area contributed by atoms with Crippen LogP contribution in [-0.2, 0) is 22.9 Å². The third-order valence-electron chi connectivity index (χ3n) is 6.88. The Morgan fingerprint density at radius 2 is 1.04 bits per heavy atom. The molecule has 0 aromatic carbocycles. The van der Waals surface area contributed by atoms with Crippen molar-refractivity contribution in [2.75, 3.05) is 0 Å². The molecule has 0 bridgehead atoms. The number of halogens is 2. The van der Waals surface area contributed by atoms with Crippen LogP contribution in [0.25, 0.3) is 0 Å². The van der Waals surface area contributed by atoms with Crippen LogP contribution in [0.5, 0.6) is 0 Å². The molecule has 3 fully saturated rings. The summed E-state index contributed by atoms with van der Waals surface area (Å²) in [5.74, 6) is 5.92. The zero-order chi connectivity index (χ0) is 13.8. The molecule has 0 radical (unpaired) electrons. The van der Waals surface area contributed by atoms with Crippen LogP contribution >= 0.6 is 0 Å². The number of rotatable bonds is 0. The summed E-state index contributed by atoms with van der Waals surface area (Å²) in [5.41, 5.74) is 0. The van der Waals surface area contributed by atoms with E-state index in [0.717, 1.165) is 35.5 Å². The molecule has 0 amide bonds. The summed E-state index contributed by atoms with van der Waals surface area (Å²) in [4.78, 5) is 0. The minimum absolute atomic E-state index is 0. The van der Waals surface area contributed by atoms with E-state index in [2.05, 4.69) is 48.6 Å². The third kappa shape index (κ3) is 3.04. The maximum Gasteiger partial charge on any atom is -1.00 e. The van der Waals surface area contributed by atoms with Gasteiger partial charge in [-0.2, -0.15) is 0 Å². The van der Waals surface area contributed by atoms with E-state index in [1.807, 2.05) is 0 Å². The molecule has 8 atom stereocenters. The number of allylic oxidation sites excluding steroid dienone is 8. The van der Waals surface area contributed by atoms with Crippen molar-refractivity contribution in [1.29, 1.82) is 0 Å². The van der Waals surface area contributed by atoms with E-state index in [4.69, 9.17) is 0 Å². The Kier molecular flexibility index (Phi) is 5.81. The minimum atomic E-state index is -0.561. The van der Waals surface area contributed by atoms with Gasteiger partial charge in [-0.1, -0.05) is 0 Å². The van der Waals surface area contributed by atoms with Crippen molar-refractivity contribution in [2.24, 2.45) is 35.5 Å². The van der Waals surface area contributed by atoms with E-state index in [9.17, 15) is 0 Å². The summed E-state index contributed by atoms with van der Waals surface area (Å²) < 4.78 is 2.34. The molecule has 1 aliphatic heterocycles. The largest absolute Gasteiger partial charge is 1.00 e. The van der Waals surface area contributed by atoms with Gasteiger partial charge in [0.25, 0.3) is 0 Å². The van der Waals surface area contributed by atoms with Crippen molar-refractivity contribution in [3.8, 4) is 0 Å². The molecule has 0 aromatic rings. The standard InChI is InChI=1S/C20H24.2ClH.Hf/c1-2-6-18-12-15(11-17(18)5-1)9-10-16-13-19-7-3-4-8-20(19)14-16;;;/h1-8,11,13,15-20H,9-10,12,14H2;2*1H;/q;;;+2/p-2. The van der Waals surface area contributed by atoms with E-state index in [0.29, 0.717) is 0 Å². The quantitative estimate of drug-likeness (QED) is 0.373. The van der Waals surface area contributed by atoms with Gasteiger partial charge in [-0.15, -0.1) is 0 Å². The molecule has 5 aliphatic rings. The van der Waals surface area contributed by atoms with Gasteiger partial charge in [0, 0.05) is 0 Å². The van der Waals surface area contributed by atoms with Crippen molar-refractivity contribution < 1.29 is 47.7 Å². The predicted octanol–water partition coefficient (Wildman–Crippen LogP) is -0.796. The summed E-state index contributed by atoms with van der Waals surface area (Å²) in [5, 5.41) is 0. The molecule has 1 heterocycles. The van der Waals surface area contributed by atoms with Gasteiger partial charge in [-0.25, -0.2) is 0 Å². The summed E-state index contributed by atoms with van der Waals surface area (Å²) in [6, 6.07) is 0. The molecular formula is C20H24Cl2Hf. The zero-order valence-electron chi connectivity index (χ0n) is 13.3. The van der Waals surface area contributed by atoms with Gasteiger partial charge in [-0.3, -0.25) is 0 Å². The van der Waals surface area contributed by atoms with Crippen molar-refractivity contribution in [3.05, 3.63) is 48.6 Å². The second-order valence-corrected chi connectivity index (χ2v) is 13.8. The molecule has 3 heteroatoms. The van der Waals surface area contributed by atoms with E-state index in [1.54, 1.807) is 12.8 Å². The molecule has 4 aliphatic carbocycles. The summed E-state index contributed by atoms with van der Waals surface area (Å²) in [6.45, 7) is 0. The van der Waals surface area contributed by atoms with Crippen LogP contribution < -0.4 is 24.8 Å². The number of hydrogen-bond acceptors (Lipinski definition) is 0. The minimum Gasteiger partial charge on any atom is -1.00 e. The molecule has 1 saturated heterocycles. The molecule has 8 unspecified atom stereocenters. The van der Waals surface area contributed by atoms with E-state index >= 15 is 0 Å². The fourth-order valence-electron chi connectivity index (χ4n) is 5.94. The smallest absolute Gasteiger partial charge is 1.00 e. The van der Waals surface area contributed by atoms with E-state index in [-0.39, 0.29) is 24.8 Å². The van der Waals surface area contributed by atoms with Gasteiger partial charge in [0.05, 0.1) is 0 Å². The molecule has 122 valence electrons. The van der Waals surface area contributed by atoms with Crippen molar-refractivity contribution in [1.82, 2.24) is 0 Å².